The number of halogens is 1. The van der Waals surface area contributed by atoms with Crippen LogP contribution in [0.25, 0.3) is 11.4 Å². The van der Waals surface area contributed by atoms with E-state index in [1.54, 1.807) is 50.1 Å². The molecular formula is C14H16ClN3O3. The molecule has 0 bridgehead atoms. The first-order chi connectivity index (χ1) is 9.80. The van der Waals surface area contributed by atoms with Crippen LogP contribution in [0, 0.1) is 0 Å². The van der Waals surface area contributed by atoms with E-state index in [-0.39, 0.29) is 6.54 Å². The minimum absolute atomic E-state index is 0.250. The van der Waals surface area contributed by atoms with Crippen molar-refractivity contribution in [1.82, 2.24) is 15.0 Å². The topological polar surface area (TPSA) is 79.5 Å². The van der Waals surface area contributed by atoms with Gasteiger partial charge in [-0.2, -0.15) is 4.98 Å². The lowest BCUT2D eigenvalue weighted by molar-refractivity contribution is -0.149. The summed E-state index contributed by atoms with van der Waals surface area (Å²) in [4.78, 5) is 17.1. The molecule has 2 rings (SSSR count). The van der Waals surface area contributed by atoms with Gasteiger partial charge in [0, 0.05) is 10.6 Å². The van der Waals surface area contributed by atoms with Crippen LogP contribution in [0.4, 0.5) is 0 Å². The van der Waals surface area contributed by atoms with Gasteiger partial charge in [0.05, 0.1) is 6.54 Å². The zero-order valence-electron chi connectivity index (χ0n) is 12.0. The summed E-state index contributed by atoms with van der Waals surface area (Å²) < 4.78 is 5.17. The van der Waals surface area contributed by atoms with Crippen molar-refractivity contribution in [2.75, 3.05) is 7.05 Å². The molecular weight excluding hydrogens is 294 g/mol. The first-order valence-corrected chi connectivity index (χ1v) is 6.71. The Morgan fingerprint density at radius 3 is 2.57 bits per heavy atom. The van der Waals surface area contributed by atoms with Crippen molar-refractivity contribution in [1.29, 1.82) is 0 Å². The normalized spacial score (nSPS) is 11.9. The number of aromatic nitrogens is 2. The van der Waals surface area contributed by atoms with Crippen LogP contribution in [0.5, 0.6) is 0 Å². The minimum atomic E-state index is -1.02. The molecule has 112 valence electrons. The van der Waals surface area contributed by atoms with Crippen molar-refractivity contribution in [2.45, 2.75) is 25.9 Å². The van der Waals surface area contributed by atoms with Crippen molar-refractivity contribution in [3.63, 3.8) is 0 Å². The molecule has 1 aromatic heterocycles. The Bertz CT molecular complexity index is 637. The molecule has 0 aliphatic carbocycles. The molecule has 0 fully saturated rings. The SMILES string of the molecule is CN(Cc1nc(-c2ccc(Cl)cc2)no1)C(C)(C)C(=O)O. The van der Waals surface area contributed by atoms with Gasteiger partial charge in [0.1, 0.15) is 5.54 Å². The molecule has 0 unspecified atom stereocenters. The number of rotatable bonds is 5. The fraction of sp³-hybridized carbons (Fsp3) is 0.357. The third-order valence-electron chi connectivity index (χ3n) is 3.42. The Morgan fingerprint density at radius 1 is 1.38 bits per heavy atom. The van der Waals surface area contributed by atoms with E-state index < -0.39 is 11.5 Å². The van der Waals surface area contributed by atoms with Gasteiger partial charge in [-0.1, -0.05) is 16.8 Å². The van der Waals surface area contributed by atoms with Crippen LogP contribution >= 0.6 is 11.6 Å². The maximum absolute atomic E-state index is 11.2. The third kappa shape index (κ3) is 3.40. The number of carbonyl (C=O) groups is 1. The molecule has 0 atom stereocenters. The van der Waals surface area contributed by atoms with Crippen LogP contribution in [-0.4, -0.2) is 38.7 Å². The zero-order valence-corrected chi connectivity index (χ0v) is 12.8. The number of carboxylic acids is 1. The Hall–Kier alpha value is -1.92. The monoisotopic (exact) mass is 309 g/mol. The van der Waals surface area contributed by atoms with E-state index in [0.29, 0.717) is 16.7 Å². The fourth-order valence-corrected chi connectivity index (χ4v) is 1.73. The second-order valence-corrected chi connectivity index (χ2v) is 5.68. The smallest absolute Gasteiger partial charge is 0.323 e. The third-order valence-corrected chi connectivity index (χ3v) is 3.67. The zero-order chi connectivity index (χ0) is 15.6. The highest BCUT2D eigenvalue weighted by Gasteiger charge is 2.32. The van der Waals surface area contributed by atoms with Gasteiger partial charge in [-0.3, -0.25) is 9.69 Å². The van der Waals surface area contributed by atoms with Crippen molar-refractivity contribution in [3.8, 4) is 11.4 Å². The lowest BCUT2D eigenvalue weighted by Gasteiger charge is -2.29. The fourth-order valence-electron chi connectivity index (χ4n) is 1.60. The molecule has 21 heavy (non-hydrogen) atoms. The van der Waals surface area contributed by atoms with E-state index in [9.17, 15) is 9.90 Å². The van der Waals surface area contributed by atoms with Crippen molar-refractivity contribution in [3.05, 3.63) is 35.2 Å². The van der Waals surface area contributed by atoms with Crippen LogP contribution in [0.2, 0.25) is 5.02 Å². The Balaban J connectivity index is 2.14. The van der Waals surface area contributed by atoms with Gasteiger partial charge in [0.15, 0.2) is 0 Å². The molecule has 0 aliphatic rings. The van der Waals surface area contributed by atoms with Crippen LogP contribution < -0.4 is 0 Å². The number of hydrogen-bond acceptors (Lipinski definition) is 5. The molecule has 1 N–H and O–H groups in total. The lowest BCUT2D eigenvalue weighted by atomic mass is 10.0. The van der Waals surface area contributed by atoms with Gasteiger partial charge in [-0.25, -0.2) is 0 Å². The first-order valence-electron chi connectivity index (χ1n) is 6.34. The summed E-state index contributed by atoms with van der Waals surface area (Å²) >= 11 is 5.83. The average molecular weight is 310 g/mol. The van der Waals surface area contributed by atoms with Gasteiger partial charge in [-0.05, 0) is 45.2 Å². The standard InChI is InChI=1S/C14H16ClN3O3/c1-14(2,13(19)20)18(3)8-11-16-12(17-21-11)9-4-6-10(15)7-5-9/h4-7H,8H2,1-3H3,(H,19,20). The summed E-state index contributed by atoms with van der Waals surface area (Å²) in [5.41, 5.74) is -0.232. The van der Waals surface area contributed by atoms with Gasteiger partial charge >= 0.3 is 5.97 Å². The van der Waals surface area contributed by atoms with Gasteiger partial charge in [0.25, 0.3) is 0 Å². The number of likely N-dealkylation sites (N-methyl/N-ethyl adjacent to an activating group) is 1. The summed E-state index contributed by atoms with van der Waals surface area (Å²) in [6.45, 7) is 3.48. The molecule has 0 spiro atoms. The van der Waals surface area contributed by atoms with Crippen LogP contribution in [-0.2, 0) is 11.3 Å². The van der Waals surface area contributed by atoms with E-state index in [4.69, 9.17) is 16.1 Å². The van der Waals surface area contributed by atoms with E-state index >= 15 is 0 Å². The predicted octanol–water partition coefficient (Wildman–Crippen LogP) is 2.68. The highest BCUT2D eigenvalue weighted by molar-refractivity contribution is 6.30. The largest absolute Gasteiger partial charge is 0.480 e. The van der Waals surface area contributed by atoms with E-state index in [1.807, 2.05) is 0 Å². The van der Waals surface area contributed by atoms with E-state index in [0.717, 1.165) is 5.56 Å². The predicted molar refractivity (Wildman–Crippen MR) is 77.9 cm³/mol. The molecule has 0 amide bonds. The number of hydrogen-bond donors (Lipinski definition) is 1. The molecule has 0 radical (unpaired) electrons. The summed E-state index contributed by atoms with van der Waals surface area (Å²) in [5, 5.41) is 13.7. The second-order valence-electron chi connectivity index (χ2n) is 5.24. The van der Waals surface area contributed by atoms with E-state index in [2.05, 4.69) is 10.1 Å². The quantitative estimate of drug-likeness (QED) is 0.914. The molecule has 0 saturated heterocycles. The molecule has 2 aromatic rings. The summed E-state index contributed by atoms with van der Waals surface area (Å²) in [5.74, 6) is -0.109. The molecule has 0 aliphatic heterocycles. The number of nitrogens with zero attached hydrogens (tertiary/aromatic N) is 3. The Morgan fingerprint density at radius 2 is 2.00 bits per heavy atom. The number of benzene rings is 1. The van der Waals surface area contributed by atoms with Crippen molar-refractivity contribution < 1.29 is 14.4 Å². The molecule has 1 aromatic carbocycles. The number of carboxylic acid groups (broad SMARTS) is 1. The first kappa shape index (κ1) is 15.5. The van der Waals surface area contributed by atoms with Crippen LogP contribution in [0.15, 0.2) is 28.8 Å². The van der Waals surface area contributed by atoms with Crippen LogP contribution in [0.3, 0.4) is 0 Å². The average Bonchev–Trinajstić information content (AvgIpc) is 2.87. The van der Waals surface area contributed by atoms with E-state index in [1.165, 1.54) is 0 Å². The summed E-state index contributed by atoms with van der Waals surface area (Å²) in [7, 11) is 1.69. The van der Waals surface area contributed by atoms with Gasteiger partial charge in [0.2, 0.25) is 11.7 Å². The van der Waals surface area contributed by atoms with Gasteiger partial charge in [-0.15, -0.1) is 0 Å². The Kier molecular flexibility index (Phi) is 4.29. The minimum Gasteiger partial charge on any atom is -0.480 e. The molecule has 1 heterocycles. The Labute approximate surface area is 127 Å². The van der Waals surface area contributed by atoms with Crippen molar-refractivity contribution >= 4 is 17.6 Å². The number of aliphatic carboxylic acids is 1. The summed E-state index contributed by atoms with van der Waals surface area (Å²) in [6.07, 6.45) is 0. The van der Waals surface area contributed by atoms with Crippen molar-refractivity contribution in [2.24, 2.45) is 0 Å². The second kappa shape index (κ2) is 5.83. The highest BCUT2D eigenvalue weighted by atomic mass is 35.5. The summed E-state index contributed by atoms with van der Waals surface area (Å²) in [6, 6.07) is 7.07. The maximum atomic E-state index is 11.2. The highest BCUT2D eigenvalue weighted by Crippen LogP contribution is 2.20. The molecule has 0 saturated carbocycles. The molecule has 6 nitrogen and oxygen atoms in total. The van der Waals surface area contributed by atoms with Gasteiger partial charge < -0.3 is 9.63 Å². The maximum Gasteiger partial charge on any atom is 0.323 e. The molecule has 7 heteroatoms. The van der Waals surface area contributed by atoms with Crippen LogP contribution in [0.1, 0.15) is 19.7 Å². The lowest BCUT2D eigenvalue weighted by Crippen LogP contribution is -2.47.